The second kappa shape index (κ2) is 8.92. The van der Waals surface area contributed by atoms with E-state index < -0.39 is 30.3 Å². The highest BCUT2D eigenvalue weighted by atomic mass is 19.4. The van der Waals surface area contributed by atoms with Crippen molar-refractivity contribution in [3.8, 4) is 11.3 Å². The number of hydrogen-bond donors (Lipinski definition) is 2. The largest absolute Gasteiger partial charge is 0.391 e. The quantitative estimate of drug-likeness (QED) is 0.498. The molecule has 2 aliphatic rings. The Morgan fingerprint density at radius 3 is 2.78 bits per heavy atom. The lowest BCUT2D eigenvalue weighted by molar-refractivity contribution is -0.168. The van der Waals surface area contributed by atoms with Crippen LogP contribution in [0, 0.1) is 12.8 Å². The normalized spacial score (nSPS) is 17.6. The number of nitrogens with zero attached hydrogens (tertiary/aromatic N) is 5. The summed E-state index contributed by atoms with van der Waals surface area (Å²) < 4.78 is 38.9. The van der Waals surface area contributed by atoms with Crippen molar-refractivity contribution < 1.29 is 22.8 Å². The number of carbonyl (C=O) groups excluding carboxylic acids is 2. The van der Waals surface area contributed by atoms with Crippen LogP contribution in [0.3, 0.4) is 0 Å². The van der Waals surface area contributed by atoms with Gasteiger partial charge in [-0.2, -0.15) is 13.2 Å². The number of aromatic amines is 1. The number of alkyl halides is 3. The number of anilines is 3. The number of aromatic nitrogens is 4. The van der Waals surface area contributed by atoms with E-state index in [-0.39, 0.29) is 17.6 Å². The Morgan fingerprint density at radius 1 is 1.25 bits per heavy atom. The van der Waals surface area contributed by atoms with Gasteiger partial charge in [-0.15, -0.1) is 0 Å². The molecule has 3 aromatic heterocycles. The summed E-state index contributed by atoms with van der Waals surface area (Å²) in [5, 5.41) is 2.80. The van der Waals surface area contributed by atoms with Crippen LogP contribution in [-0.2, 0) is 0 Å². The molecule has 0 aliphatic carbocycles. The Hall–Kier alpha value is -3.96. The Balaban J connectivity index is 1.41. The van der Waals surface area contributed by atoms with Crippen molar-refractivity contribution in [3.63, 3.8) is 0 Å². The summed E-state index contributed by atoms with van der Waals surface area (Å²) in [4.78, 5) is 45.5. The molecule has 3 aromatic rings. The first-order valence-electron chi connectivity index (χ1n) is 11.5. The van der Waals surface area contributed by atoms with Gasteiger partial charge >= 0.3 is 12.2 Å². The molecule has 1 saturated heterocycles. The van der Waals surface area contributed by atoms with Crippen LogP contribution in [0.1, 0.15) is 36.1 Å². The highest BCUT2D eigenvalue weighted by molar-refractivity contribution is 6.05. The minimum Gasteiger partial charge on any atom is -0.366 e. The zero-order valence-electron chi connectivity index (χ0n) is 19.6. The smallest absolute Gasteiger partial charge is 0.366 e. The lowest BCUT2D eigenvalue weighted by Crippen LogP contribution is -2.48. The van der Waals surface area contributed by atoms with E-state index in [9.17, 15) is 22.8 Å². The highest BCUT2D eigenvalue weighted by Crippen LogP contribution is 2.39. The monoisotopic (exact) mass is 499 g/mol. The van der Waals surface area contributed by atoms with Crippen LogP contribution in [-0.4, -0.2) is 57.1 Å². The van der Waals surface area contributed by atoms with Crippen molar-refractivity contribution in [3.05, 3.63) is 48.2 Å². The SMILES string of the molecule is Cc1ncc(-c2ccnc(NC(=O)N3c4nc(C(=O)C[C@H](C)C(F)(F)F)ccc4N4CC[C@H]3C4)c2)[nH]1. The second-order valence-corrected chi connectivity index (χ2v) is 9.11. The maximum absolute atomic E-state index is 13.4. The van der Waals surface area contributed by atoms with Crippen LogP contribution in [0.15, 0.2) is 36.7 Å². The summed E-state index contributed by atoms with van der Waals surface area (Å²) in [6, 6.07) is 5.90. The van der Waals surface area contributed by atoms with Gasteiger partial charge in [0.15, 0.2) is 11.6 Å². The van der Waals surface area contributed by atoms with E-state index in [0.29, 0.717) is 31.0 Å². The van der Waals surface area contributed by atoms with Gasteiger partial charge < -0.3 is 9.88 Å². The van der Waals surface area contributed by atoms with Crippen molar-refractivity contribution in [2.24, 2.45) is 5.92 Å². The number of hydrogen-bond acceptors (Lipinski definition) is 6. The molecule has 0 unspecified atom stereocenters. The number of halogens is 3. The van der Waals surface area contributed by atoms with Gasteiger partial charge in [0.05, 0.1) is 29.5 Å². The third kappa shape index (κ3) is 4.50. The second-order valence-electron chi connectivity index (χ2n) is 9.11. The molecule has 2 aliphatic heterocycles. The summed E-state index contributed by atoms with van der Waals surface area (Å²) in [5.74, 6) is -1.19. The number of H-pyrrole nitrogens is 1. The molecule has 5 rings (SSSR count). The molecule has 0 spiro atoms. The number of carbonyl (C=O) groups is 2. The molecule has 36 heavy (non-hydrogen) atoms. The molecule has 2 amide bonds. The average molecular weight is 499 g/mol. The van der Waals surface area contributed by atoms with E-state index in [1.165, 1.54) is 11.0 Å². The number of nitrogens with one attached hydrogen (secondary N) is 2. The first kappa shape index (κ1) is 23.8. The third-order valence-electron chi connectivity index (χ3n) is 6.52. The van der Waals surface area contributed by atoms with Gasteiger partial charge in [0.1, 0.15) is 17.3 Å². The molecule has 0 saturated carbocycles. The number of amides is 2. The molecule has 188 valence electrons. The van der Waals surface area contributed by atoms with Crippen LogP contribution in [0.4, 0.5) is 35.3 Å². The predicted octanol–water partition coefficient (Wildman–Crippen LogP) is 4.58. The molecule has 0 aromatic carbocycles. The van der Waals surface area contributed by atoms with Crippen molar-refractivity contribution in [1.29, 1.82) is 0 Å². The number of pyridine rings is 2. The molecular formula is C24H24F3N7O2. The maximum Gasteiger partial charge on any atom is 0.391 e. The lowest BCUT2D eigenvalue weighted by atomic mass is 10.0. The number of Topliss-reactive ketones (excluding diaryl/α,β-unsaturated/α-hetero) is 1. The van der Waals surface area contributed by atoms with E-state index >= 15 is 0 Å². The fourth-order valence-corrected chi connectivity index (χ4v) is 4.53. The van der Waals surface area contributed by atoms with Gasteiger partial charge in [-0.25, -0.2) is 19.7 Å². The van der Waals surface area contributed by atoms with E-state index in [2.05, 4.69) is 30.2 Å². The van der Waals surface area contributed by atoms with Gasteiger partial charge in [0, 0.05) is 31.3 Å². The van der Waals surface area contributed by atoms with E-state index in [1.54, 1.807) is 30.6 Å². The molecular weight excluding hydrogens is 475 g/mol. The average Bonchev–Trinajstić information content (AvgIpc) is 3.45. The third-order valence-corrected chi connectivity index (χ3v) is 6.52. The molecule has 9 nitrogen and oxygen atoms in total. The number of imidazole rings is 1. The van der Waals surface area contributed by atoms with Crippen molar-refractivity contribution in [1.82, 2.24) is 19.9 Å². The predicted molar refractivity (Wildman–Crippen MR) is 127 cm³/mol. The minimum absolute atomic E-state index is 0.0973. The topological polar surface area (TPSA) is 107 Å². The molecule has 2 bridgehead atoms. The number of aryl methyl sites for hydroxylation is 1. The Labute approximate surface area is 204 Å². The zero-order chi connectivity index (χ0) is 25.6. The molecule has 12 heteroatoms. The first-order chi connectivity index (χ1) is 17.1. The van der Waals surface area contributed by atoms with Crippen LogP contribution in [0.2, 0.25) is 0 Å². The van der Waals surface area contributed by atoms with Gasteiger partial charge in [0.25, 0.3) is 0 Å². The van der Waals surface area contributed by atoms with E-state index in [0.717, 1.165) is 24.0 Å². The maximum atomic E-state index is 13.4. The molecule has 2 N–H and O–H groups in total. The minimum atomic E-state index is -4.48. The van der Waals surface area contributed by atoms with Crippen LogP contribution < -0.4 is 15.1 Å². The van der Waals surface area contributed by atoms with Crippen LogP contribution in [0.5, 0.6) is 0 Å². The van der Waals surface area contributed by atoms with Crippen LogP contribution in [0.25, 0.3) is 11.3 Å². The number of ketones is 1. The molecule has 1 fully saturated rings. The lowest BCUT2D eigenvalue weighted by Gasteiger charge is -2.35. The Kier molecular flexibility index (Phi) is 5.89. The first-order valence-corrected chi connectivity index (χ1v) is 11.5. The fraction of sp³-hybridized carbons (Fsp3) is 0.375. The number of rotatable bonds is 5. The summed E-state index contributed by atoms with van der Waals surface area (Å²) in [5.41, 5.74) is 2.13. The van der Waals surface area contributed by atoms with Gasteiger partial charge in [0.2, 0.25) is 0 Å². The van der Waals surface area contributed by atoms with Crippen molar-refractivity contribution >= 4 is 29.1 Å². The van der Waals surface area contributed by atoms with Crippen molar-refractivity contribution in [2.75, 3.05) is 28.2 Å². The Bertz CT molecular complexity index is 1320. The summed E-state index contributed by atoms with van der Waals surface area (Å²) >= 11 is 0. The van der Waals surface area contributed by atoms with E-state index in [1.807, 2.05) is 6.92 Å². The standard InChI is InChI=1S/C24H24F3N7O2/c1-13(24(25,26)27)9-20(35)17-3-4-19-22(31-17)34(16-6-8-33(19)12-16)23(36)32-21-10-15(5-7-28-21)18-11-29-14(2)30-18/h3-5,7,10-11,13,16H,6,8-9,12H2,1-2H3,(H,29,30)(H,28,32,36)/t13-,16-/m0/s1. The molecule has 2 atom stereocenters. The summed E-state index contributed by atoms with van der Waals surface area (Å²) in [6.07, 6.45) is -1.24. The Morgan fingerprint density at radius 2 is 2.06 bits per heavy atom. The zero-order valence-corrected chi connectivity index (χ0v) is 19.6. The van der Waals surface area contributed by atoms with Gasteiger partial charge in [-0.1, -0.05) is 6.92 Å². The number of fused-ring (bicyclic) bond motifs is 4. The molecule has 0 radical (unpaired) electrons. The van der Waals surface area contributed by atoms with E-state index in [4.69, 9.17) is 0 Å². The van der Waals surface area contributed by atoms with Gasteiger partial charge in [-0.3, -0.25) is 15.0 Å². The number of urea groups is 1. The fourth-order valence-electron chi connectivity index (χ4n) is 4.53. The summed E-state index contributed by atoms with van der Waals surface area (Å²) in [7, 11) is 0. The van der Waals surface area contributed by atoms with Gasteiger partial charge in [-0.05, 0) is 37.6 Å². The highest BCUT2D eigenvalue weighted by Gasteiger charge is 2.41. The molecule has 5 heterocycles. The summed E-state index contributed by atoms with van der Waals surface area (Å²) in [6.45, 7) is 4.10. The van der Waals surface area contributed by atoms with Crippen LogP contribution >= 0.6 is 0 Å². The van der Waals surface area contributed by atoms with Crippen molar-refractivity contribution in [2.45, 2.75) is 38.9 Å².